The van der Waals surface area contributed by atoms with E-state index in [-0.39, 0.29) is 5.96 Å². The van der Waals surface area contributed by atoms with E-state index in [0.717, 1.165) is 11.3 Å². The third-order valence-electron chi connectivity index (χ3n) is 1.52. The van der Waals surface area contributed by atoms with Gasteiger partial charge in [-0.2, -0.15) is 5.10 Å². The van der Waals surface area contributed by atoms with Crippen LogP contribution in [0.4, 0.5) is 0 Å². The van der Waals surface area contributed by atoms with Gasteiger partial charge in [0.1, 0.15) is 0 Å². The molecule has 0 bridgehead atoms. The van der Waals surface area contributed by atoms with Gasteiger partial charge in [-0.25, -0.2) is 0 Å². The van der Waals surface area contributed by atoms with Crippen LogP contribution in [0.25, 0.3) is 0 Å². The van der Waals surface area contributed by atoms with Gasteiger partial charge in [0.25, 0.3) is 0 Å². The molecule has 0 aliphatic heterocycles. The smallest absolute Gasteiger partial charge is 0.211 e. The van der Waals surface area contributed by atoms with Crippen LogP contribution in [0.15, 0.2) is 40.5 Å². The van der Waals surface area contributed by atoms with Crippen LogP contribution in [0.5, 0.6) is 0 Å². The number of alkyl halides is 1. The molecule has 0 spiro atoms. The number of guanidine groups is 1. The maximum atomic E-state index is 5.18. The molecule has 1 aromatic carbocycles. The van der Waals surface area contributed by atoms with Gasteiger partial charge in [-0.15, -0.1) is 5.10 Å². The third kappa shape index (κ3) is 3.18. The minimum absolute atomic E-state index is 0.0422. The minimum atomic E-state index is -0.0422. The lowest BCUT2D eigenvalue weighted by Gasteiger charge is -1.99. The fourth-order valence-electron chi connectivity index (χ4n) is 0.910. The Morgan fingerprint density at radius 2 is 1.79 bits per heavy atom. The molecule has 0 fully saturated rings. The SMILES string of the molecule is NC(N)=NN=C(CBr)c1ccccc1. The molecule has 4 N–H and O–H groups in total. The molecule has 0 saturated heterocycles. The molecule has 0 unspecified atom stereocenters. The van der Waals surface area contributed by atoms with Crippen LogP contribution in [0.3, 0.4) is 0 Å². The molecule has 0 aromatic heterocycles. The van der Waals surface area contributed by atoms with Gasteiger partial charge in [0.05, 0.1) is 5.71 Å². The van der Waals surface area contributed by atoms with Crippen LogP contribution < -0.4 is 11.5 Å². The fourth-order valence-corrected chi connectivity index (χ4v) is 1.35. The summed E-state index contributed by atoms with van der Waals surface area (Å²) in [5, 5.41) is 8.13. The molecule has 0 aliphatic carbocycles. The van der Waals surface area contributed by atoms with Gasteiger partial charge < -0.3 is 11.5 Å². The van der Waals surface area contributed by atoms with Crippen molar-refractivity contribution in [1.82, 2.24) is 0 Å². The summed E-state index contributed by atoms with van der Waals surface area (Å²) in [6.45, 7) is 0. The molecule has 5 heteroatoms. The van der Waals surface area contributed by atoms with Crippen molar-refractivity contribution < 1.29 is 0 Å². The molecule has 0 aliphatic rings. The van der Waals surface area contributed by atoms with Crippen LogP contribution in [0, 0.1) is 0 Å². The van der Waals surface area contributed by atoms with Crippen molar-refractivity contribution in [2.24, 2.45) is 21.7 Å². The molecule has 74 valence electrons. The highest BCUT2D eigenvalue weighted by atomic mass is 79.9. The van der Waals surface area contributed by atoms with Gasteiger partial charge in [-0.05, 0) is 5.56 Å². The average molecular weight is 255 g/mol. The van der Waals surface area contributed by atoms with Crippen LogP contribution in [-0.4, -0.2) is 17.0 Å². The van der Waals surface area contributed by atoms with Gasteiger partial charge in [-0.3, -0.25) is 0 Å². The second-order valence-electron chi connectivity index (χ2n) is 2.57. The van der Waals surface area contributed by atoms with Gasteiger partial charge in [0.2, 0.25) is 5.96 Å². The average Bonchev–Trinajstić information content (AvgIpc) is 2.20. The highest BCUT2D eigenvalue weighted by Gasteiger charge is 1.99. The van der Waals surface area contributed by atoms with Crippen LogP contribution >= 0.6 is 15.9 Å². The van der Waals surface area contributed by atoms with Gasteiger partial charge in [-0.1, -0.05) is 46.3 Å². The zero-order chi connectivity index (χ0) is 10.4. The van der Waals surface area contributed by atoms with E-state index >= 15 is 0 Å². The summed E-state index contributed by atoms with van der Waals surface area (Å²) in [6, 6.07) is 9.70. The van der Waals surface area contributed by atoms with Crippen molar-refractivity contribution in [3.8, 4) is 0 Å². The predicted octanol–water partition coefficient (Wildman–Crippen LogP) is 1.06. The Kier molecular flexibility index (Phi) is 4.12. The number of nitrogens with two attached hydrogens (primary N) is 2. The molecule has 1 aromatic rings. The first-order chi connectivity index (χ1) is 6.74. The number of benzene rings is 1. The minimum Gasteiger partial charge on any atom is -0.369 e. The number of rotatable bonds is 3. The van der Waals surface area contributed by atoms with Crippen LogP contribution in [0.2, 0.25) is 0 Å². The molecule has 0 atom stereocenters. The van der Waals surface area contributed by atoms with E-state index in [9.17, 15) is 0 Å². The quantitative estimate of drug-likeness (QED) is 0.366. The topological polar surface area (TPSA) is 76.8 Å². The molecular weight excluding hydrogens is 244 g/mol. The Bertz CT molecular complexity index is 341. The lowest BCUT2D eigenvalue weighted by Crippen LogP contribution is -2.22. The maximum Gasteiger partial charge on any atom is 0.211 e. The fraction of sp³-hybridized carbons (Fsp3) is 0.111. The number of hydrogen-bond acceptors (Lipinski definition) is 2. The van der Waals surface area contributed by atoms with Crippen LogP contribution in [0.1, 0.15) is 5.56 Å². The first kappa shape index (κ1) is 10.7. The standard InChI is InChI=1S/C9H11BrN4/c10-6-8(13-14-9(11)12)7-4-2-1-3-5-7/h1-5H,6H2,(H4,11,12,14). The lowest BCUT2D eigenvalue weighted by molar-refractivity contribution is 1.20. The molecule has 0 amide bonds. The van der Waals surface area contributed by atoms with Gasteiger partial charge in [0.15, 0.2) is 0 Å². The highest BCUT2D eigenvalue weighted by Crippen LogP contribution is 2.03. The third-order valence-corrected chi connectivity index (χ3v) is 2.05. The van der Waals surface area contributed by atoms with Gasteiger partial charge >= 0.3 is 0 Å². The molecule has 1 rings (SSSR count). The number of nitrogens with zero attached hydrogens (tertiary/aromatic N) is 2. The Labute approximate surface area is 90.8 Å². The highest BCUT2D eigenvalue weighted by molar-refractivity contribution is 9.09. The Hall–Kier alpha value is -1.36. The summed E-state index contributed by atoms with van der Waals surface area (Å²) >= 11 is 3.32. The lowest BCUT2D eigenvalue weighted by atomic mass is 10.1. The summed E-state index contributed by atoms with van der Waals surface area (Å²) in [5.74, 6) is -0.0422. The normalized spacial score (nSPS) is 11.1. The van der Waals surface area contributed by atoms with E-state index < -0.39 is 0 Å². The first-order valence-electron chi connectivity index (χ1n) is 4.01. The zero-order valence-corrected chi connectivity index (χ0v) is 9.11. The second kappa shape index (κ2) is 5.39. The summed E-state index contributed by atoms with van der Waals surface area (Å²) < 4.78 is 0. The van der Waals surface area contributed by atoms with Crippen LogP contribution in [-0.2, 0) is 0 Å². The largest absolute Gasteiger partial charge is 0.369 e. The Balaban J connectivity index is 2.93. The molecule has 4 nitrogen and oxygen atoms in total. The summed E-state index contributed by atoms with van der Waals surface area (Å²) in [7, 11) is 0. The van der Waals surface area contributed by atoms with Crippen molar-refractivity contribution in [2.75, 3.05) is 5.33 Å². The molecule has 0 saturated carbocycles. The van der Waals surface area contributed by atoms with E-state index in [2.05, 4.69) is 26.1 Å². The molecule has 0 radical (unpaired) electrons. The molecule has 0 heterocycles. The first-order valence-corrected chi connectivity index (χ1v) is 5.13. The Morgan fingerprint density at radius 3 is 2.29 bits per heavy atom. The zero-order valence-electron chi connectivity index (χ0n) is 7.52. The van der Waals surface area contributed by atoms with Crippen molar-refractivity contribution in [3.63, 3.8) is 0 Å². The monoisotopic (exact) mass is 254 g/mol. The van der Waals surface area contributed by atoms with E-state index in [4.69, 9.17) is 11.5 Å². The Morgan fingerprint density at radius 1 is 1.14 bits per heavy atom. The maximum absolute atomic E-state index is 5.18. The van der Waals surface area contributed by atoms with E-state index in [1.165, 1.54) is 0 Å². The van der Waals surface area contributed by atoms with E-state index in [0.29, 0.717) is 5.33 Å². The number of halogens is 1. The summed E-state index contributed by atoms with van der Waals surface area (Å²) in [6.07, 6.45) is 0. The van der Waals surface area contributed by atoms with E-state index in [1.807, 2.05) is 30.3 Å². The van der Waals surface area contributed by atoms with Crippen molar-refractivity contribution in [1.29, 1.82) is 0 Å². The second-order valence-corrected chi connectivity index (χ2v) is 3.13. The summed E-state index contributed by atoms with van der Waals surface area (Å²) in [5.41, 5.74) is 12.1. The summed E-state index contributed by atoms with van der Waals surface area (Å²) in [4.78, 5) is 0. The molecule has 14 heavy (non-hydrogen) atoms. The van der Waals surface area contributed by atoms with Crippen molar-refractivity contribution in [3.05, 3.63) is 35.9 Å². The van der Waals surface area contributed by atoms with Crippen molar-refractivity contribution in [2.45, 2.75) is 0 Å². The van der Waals surface area contributed by atoms with Gasteiger partial charge in [0, 0.05) is 5.33 Å². The number of hydrogen-bond donors (Lipinski definition) is 2. The predicted molar refractivity (Wildman–Crippen MR) is 62.6 cm³/mol. The van der Waals surface area contributed by atoms with Crippen molar-refractivity contribution >= 4 is 27.6 Å². The molecular formula is C9H11BrN4. The van der Waals surface area contributed by atoms with E-state index in [1.54, 1.807) is 0 Å².